The number of alkyl carbamates (subject to hydrolysis) is 1. The number of fused-ring (bicyclic) bond motifs is 3. The number of alkyl halides is 2. The number of nitrogens with zero attached hydrogens (tertiary/aromatic N) is 2. The van der Waals surface area contributed by atoms with Crippen molar-refractivity contribution in [1.29, 1.82) is 0 Å². The number of carbonyl (C=O) groups is 5. The van der Waals surface area contributed by atoms with Crippen molar-refractivity contribution in [2.24, 2.45) is 5.92 Å². The van der Waals surface area contributed by atoms with E-state index in [4.69, 9.17) is 9.47 Å². The van der Waals surface area contributed by atoms with Crippen LogP contribution in [0.25, 0.3) is 6.08 Å². The summed E-state index contributed by atoms with van der Waals surface area (Å²) >= 11 is 0. The van der Waals surface area contributed by atoms with E-state index < -0.39 is 87.7 Å². The summed E-state index contributed by atoms with van der Waals surface area (Å²) in [5, 5.41) is 4.17. The summed E-state index contributed by atoms with van der Waals surface area (Å²) in [6.07, 6.45) is -1.01. The molecule has 272 valence electrons. The fourth-order valence-corrected chi connectivity index (χ4v) is 8.34. The molecule has 0 spiro atoms. The van der Waals surface area contributed by atoms with Crippen LogP contribution in [0.2, 0.25) is 0 Å². The van der Waals surface area contributed by atoms with Crippen LogP contribution in [0.4, 0.5) is 18.4 Å². The molecule has 1 aromatic carbocycles. The van der Waals surface area contributed by atoms with Crippen molar-refractivity contribution < 1.29 is 50.6 Å². The number of rotatable bonds is 8. The molecule has 5 atom stereocenters. The summed E-state index contributed by atoms with van der Waals surface area (Å²) in [7, 11) is -3.94. The monoisotopic (exact) mass is 721 g/mol. The molecule has 0 unspecified atom stereocenters. The second-order valence-corrected chi connectivity index (χ2v) is 15.5. The zero-order valence-corrected chi connectivity index (χ0v) is 28.4. The third kappa shape index (κ3) is 7.56. The first kappa shape index (κ1) is 35.5. The molecule has 2 aliphatic carbocycles. The van der Waals surface area contributed by atoms with E-state index in [9.17, 15) is 41.2 Å². The second-order valence-electron chi connectivity index (χ2n) is 13.5. The summed E-state index contributed by atoms with van der Waals surface area (Å²) in [4.78, 5) is 69.7. The van der Waals surface area contributed by atoms with Gasteiger partial charge < -0.3 is 25.0 Å². The molecule has 5 aliphatic rings. The highest BCUT2D eigenvalue weighted by atomic mass is 32.2. The first-order chi connectivity index (χ1) is 23.8. The first-order valence-electron chi connectivity index (χ1n) is 16.9. The smallest absolute Gasteiger partial charge is 0.410 e. The van der Waals surface area contributed by atoms with Crippen molar-refractivity contribution in [1.82, 2.24) is 25.2 Å². The zero-order chi connectivity index (χ0) is 35.8. The molecule has 0 aromatic heterocycles. The maximum absolute atomic E-state index is 14.0. The van der Waals surface area contributed by atoms with Crippen molar-refractivity contribution in [3.05, 3.63) is 41.0 Å². The molecule has 5 amide bonds. The van der Waals surface area contributed by atoms with Crippen molar-refractivity contribution in [2.45, 2.75) is 107 Å². The van der Waals surface area contributed by atoms with Gasteiger partial charge in [-0.1, -0.05) is 43.7 Å². The summed E-state index contributed by atoms with van der Waals surface area (Å²) < 4.78 is 65.7. The van der Waals surface area contributed by atoms with Gasteiger partial charge in [-0.15, -0.1) is 0 Å². The van der Waals surface area contributed by atoms with Crippen molar-refractivity contribution in [3.8, 4) is 0 Å². The maximum atomic E-state index is 14.0. The van der Waals surface area contributed by atoms with Crippen LogP contribution in [0, 0.1) is 5.92 Å². The fourth-order valence-electron chi connectivity index (χ4n) is 6.98. The first-order valence-corrected chi connectivity index (χ1v) is 18.5. The molecular formula is C33H41F2N5O9S. The Hall–Kier alpha value is -4.28. The van der Waals surface area contributed by atoms with Crippen LogP contribution in [0.3, 0.4) is 0 Å². The van der Waals surface area contributed by atoms with E-state index in [2.05, 4.69) is 15.4 Å². The molecule has 6 rings (SSSR count). The fraction of sp³-hybridized carbons (Fsp3) is 0.606. The Morgan fingerprint density at radius 2 is 1.94 bits per heavy atom. The van der Waals surface area contributed by atoms with Gasteiger partial charge in [-0.05, 0) is 54.7 Å². The Balaban J connectivity index is 1.26. The lowest BCUT2D eigenvalue weighted by atomic mass is 10.0. The normalized spacial score (nSPS) is 29.2. The lowest BCUT2D eigenvalue weighted by molar-refractivity contribution is -0.141. The van der Waals surface area contributed by atoms with Gasteiger partial charge in [0.1, 0.15) is 23.7 Å². The summed E-state index contributed by atoms with van der Waals surface area (Å²) in [6, 6.07) is 2.51. The molecule has 2 saturated carbocycles. The van der Waals surface area contributed by atoms with E-state index in [-0.39, 0.29) is 39.1 Å². The molecule has 50 heavy (non-hydrogen) atoms. The number of halogens is 2. The number of allylic oxidation sites excluding steroid dienone is 1. The Morgan fingerprint density at radius 1 is 1.16 bits per heavy atom. The van der Waals surface area contributed by atoms with Crippen LogP contribution in [0.1, 0.15) is 75.0 Å². The topological polar surface area (TPSA) is 181 Å². The van der Waals surface area contributed by atoms with Gasteiger partial charge in [0.25, 0.3) is 5.91 Å². The highest BCUT2D eigenvalue weighted by Gasteiger charge is 2.62. The second kappa shape index (κ2) is 14.2. The number of carbonyl (C=O) groups excluding carboxylic acids is 5. The third-order valence-electron chi connectivity index (χ3n) is 9.99. The Bertz CT molecular complexity index is 1690. The van der Waals surface area contributed by atoms with Crippen LogP contribution >= 0.6 is 0 Å². The van der Waals surface area contributed by atoms with E-state index in [1.165, 1.54) is 4.90 Å². The van der Waals surface area contributed by atoms with Crippen LogP contribution in [0.5, 0.6) is 0 Å². The quantitative estimate of drug-likeness (QED) is 0.364. The largest absolute Gasteiger partial charge is 0.450 e. The number of benzene rings is 1. The van der Waals surface area contributed by atoms with Gasteiger partial charge >= 0.3 is 12.2 Å². The predicted octanol–water partition coefficient (Wildman–Crippen LogP) is 2.56. The summed E-state index contributed by atoms with van der Waals surface area (Å²) in [5.41, 5.74) is 1.20. The standard InChI is InChI=1S/C33H41F2N5O9S/c1-2-21-15-33(21,30(43)38-50(46,47)23-10-11-23)37-28(41)26-13-22-17-40(26)29(42)25(14-27(34)35)36-31(44)48-12-5-3-4-7-19-8-6-9-20-16-39(18-24(19)20)32(45)49-22/h4,6-9,21-23,25-27H,2-3,5,10-18H2,1H3,(H,36,44)(H,37,41)(H,38,43)/b7-4+/t21-,22+,25-,26-,33+/m0/s1. The number of hydrogen-bond acceptors (Lipinski definition) is 9. The number of sulfonamides is 1. The van der Waals surface area contributed by atoms with Crippen LogP contribution < -0.4 is 15.4 Å². The van der Waals surface area contributed by atoms with E-state index in [1.807, 2.05) is 30.4 Å². The molecule has 1 saturated heterocycles. The Kier molecular flexibility index (Phi) is 10.1. The Morgan fingerprint density at radius 3 is 2.64 bits per heavy atom. The summed E-state index contributed by atoms with van der Waals surface area (Å²) in [6.45, 7) is 1.89. The van der Waals surface area contributed by atoms with Gasteiger partial charge in [-0.3, -0.25) is 24.0 Å². The number of nitrogens with one attached hydrogen (secondary N) is 3. The van der Waals surface area contributed by atoms with E-state index in [1.54, 1.807) is 6.92 Å². The number of hydrogen-bond donors (Lipinski definition) is 3. The number of ether oxygens (including phenoxy) is 2. The minimum atomic E-state index is -3.94. The zero-order valence-electron chi connectivity index (χ0n) is 27.6. The van der Waals surface area contributed by atoms with Gasteiger partial charge in [-0.2, -0.15) is 0 Å². The Labute approximate surface area is 288 Å². The van der Waals surface area contributed by atoms with Gasteiger partial charge in [-0.25, -0.2) is 26.8 Å². The van der Waals surface area contributed by atoms with Gasteiger partial charge in [0.15, 0.2) is 0 Å². The minimum Gasteiger partial charge on any atom is -0.450 e. The maximum Gasteiger partial charge on any atom is 0.410 e. The van der Waals surface area contributed by atoms with Crippen molar-refractivity contribution >= 4 is 46.0 Å². The molecule has 3 N–H and O–H groups in total. The molecule has 0 radical (unpaired) electrons. The van der Waals surface area contributed by atoms with Crippen LogP contribution in [0.15, 0.2) is 24.3 Å². The lowest BCUT2D eigenvalue weighted by Gasteiger charge is -2.29. The van der Waals surface area contributed by atoms with E-state index in [0.29, 0.717) is 32.1 Å². The van der Waals surface area contributed by atoms with Gasteiger partial charge in [0, 0.05) is 19.4 Å². The average Bonchev–Trinajstić information content (AvgIpc) is 3.95. The molecule has 1 aromatic rings. The molecule has 4 bridgehead atoms. The highest BCUT2D eigenvalue weighted by molar-refractivity contribution is 7.91. The average molecular weight is 722 g/mol. The number of cyclic esters (lactones) is 1. The lowest BCUT2D eigenvalue weighted by Crippen LogP contribution is -2.58. The van der Waals surface area contributed by atoms with Crippen molar-refractivity contribution in [2.75, 3.05) is 13.2 Å². The molecule has 3 aliphatic heterocycles. The van der Waals surface area contributed by atoms with E-state index >= 15 is 0 Å². The molecule has 14 nitrogen and oxygen atoms in total. The third-order valence-corrected chi connectivity index (χ3v) is 11.8. The SMILES string of the molecule is CC[C@H]1C[C@]1(NC(=O)[C@@H]1C[C@@H]2CN1C(=O)[C@H](CC(F)F)NC(=O)OCCC/C=C/c1cccc3c1CN(C3)C(=O)O2)C(=O)NS(=O)(=O)C1CC1. The predicted molar refractivity (Wildman–Crippen MR) is 173 cm³/mol. The van der Waals surface area contributed by atoms with Gasteiger partial charge in [0.2, 0.25) is 28.3 Å². The van der Waals surface area contributed by atoms with Gasteiger partial charge in [0.05, 0.1) is 24.9 Å². The van der Waals surface area contributed by atoms with E-state index in [0.717, 1.165) is 21.6 Å². The molecule has 3 fully saturated rings. The number of amides is 5. The minimum absolute atomic E-state index is 0.0508. The molecular weight excluding hydrogens is 680 g/mol. The molecule has 3 heterocycles. The summed E-state index contributed by atoms with van der Waals surface area (Å²) in [5.74, 6) is -3.17. The molecule has 17 heteroatoms. The van der Waals surface area contributed by atoms with Crippen LogP contribution in [-0.2, 0) is 47.0 Å². The van der Waals surface area contributed by atoms with Crippen molar-refractivity contribution in [3.63, 3.8) is 0 Å². The highest BCUT2D eigenvalue weighted by Crippen LogP contribution is 2.47. The van der Waals surface area contributed by atoms with Crippen LogP contribution in [-0.4, -0.2) is 96.7 Å².